The van der Waals surface area contributed by atoms with Gasteiger partial charge in [0.1, 0.15) is 24.4 Å². The van der Waals surface area contributed by atoms with Crippen LogP contribution in [0.1, 0.15) is 58.3 Å². The SMILES string of the molecule is CCCCCCCCCCO[C@H]([C@@H](O)[C@@H](O)CO)[C@@H](O)CO. The molecular weight excluding hydrogens is 288 g/mol. The molecule has 0 saturated heterocycles. The van der Waals surface area contributed by atoms with Gasteiger partial charge in [0.25, 0.3) is 0 Å². The lowest BCUT2D eigenvalue weighted by Gasteiger charge is -2.29. The monoisotopic (exact) mass is 322 g/mol. The van der Waals surface area contributed by atoms with E-state index >= 15 is 0 Å². The highest BCUT2D eigenvalue weighted by atomic mass is 16.5. The number of ether oxygens (including phenoxy) is 1. The molecule has 0 aromatic heterocycles. The Labute approximate surface area is 133 Å². The normalized spacial score (nSPS) is 17.2. The van der Waals surface area contributed by atoms with E-state index in [9.17, 15) is 15.3 Å². The Hall–Kier alpha value is -0.240. The van der Waals surface area contributed by atoms with Crippen molar-refractivity contribution in [3.8, 4) is 0 Å². The molecule has 22 heavy (non-hydrogen) atoms. The zero-order valence-electron chi connectivity index (χ0n) is 13.7. The van der Waals surface area contributed by atoms with Crippen LogP contribution in [0.4, 0.5) is 0 Å². The highest BCUT2D eigenvalue weighted by molar-refractivity contribution is 4.81. The fourth-order valence-electron chi connectivity index (χ4n) is 2.32. The Morgan fingerprint density at radius 3 is 1.73 bits per heavy atom. The van der Waals surface area contributed by atoms with Crippen LogP contribution in [0, 0.1) is 0 Å². The summed E-state index contributed by atoms with van der Waals surface area (Å²) in [6.45, 7) is 1.33. The predicted molar refractivity (Wildman–Crippen MR) is 84.5 cm³/mol. The fourth-order valence-corrected chi connectivity index (χ4v) is 2.32. The van der Waals surface area contributed by atoms with Gasteiger partial charge in [0.15, 0.2) is 0 Å². The van der Waals surface area contributed by atoms with E-state index < -0.39 is 37.6 Å². The topological polar surface area (TPSA) is 110 Å². The second-order valence-electron chi connectivity index (χ2n) is 5.80. The molecule has 134 valence electrons. The third kappa shape index (κ3) is 9.71. The van der Waals surface area contributed by atoms with Crippen LogP contribution in [-0.2, 0) is 4.74 Å². The zero-order chi connectivity index (χ0) is 16.8. The Balaban J connectivity index is 3.85. The van der Waals surface area contributed by atoms with E-state index in [4.69, 9.17) is 14.9 Å². The van der Waals surface area contributed by atoms with Gasteiger partial charge < -0.3 is 30.3 Å². The van der Waals surface area contributed by atoms with Crippen LogP contribution < -0.4 is 0 Å². The van der Waals surface area contributed by atoms with Crippen LogP contribution in [0.3, 0.4) is 0 Å². The number of hydrogen-bond acceptors (Lipinski definition) is 6. The Bertz CT molecular complexity index is 239. The number of unbranched alkanes of at least 4 members (excludes halogenated alkanes) is 7. The van der Waals surface area contributed by atoms with Crippen LogP contribution in [0.15, 0.2) is 0 Å². The van der Waals surface area contributed by atoms with Gasteiger partial charge in [-0.2, -0.15) is 0 Å². The average molecular weight is 322 g/mol. The van der Waals surface area contributed by atoms with Crippen molar-refractivity contribution in [1.82, 2.24) is 0 Å². The maximum Gasteiger partial charge on any atom is 0.114 e. The molecule has 0 rings (SSSR count). The Morgan fingerprint density at radius 2 is 1.23 bits per heavy atom. The second-order valence-corrected chi connectivity index (χ2v) is 5.80. The van der Waals surface area contributed by atoms with Crippen molar-refractivity contribution in [1.29, 1.82) is 0 Å². The van der Waals surface area contributed by atoms with Gasteiger partial charge in [0, 0.05) is 6.61 Å². The largest absolute Gasteiger partial charge is 0.394 e. The van der Waals surface area contributed by atoms with Gasteiger partial charge in [-0.1, -0.05) is 51.9 Å². The lowest BCUT2D eigenvalue weighted by atomic mass is 10.0. The average Bonchev–Trinajstić information content (AvgIpc) is 2.54. The molecule has 0 aliphatic rings. The molecule has 4 atom stereocenters. The van der Waals surface area contributed by atoms with Crippen molar-refractivity contribution in [2.75, 3.05) is 19.8 Å². The molecule has 0 heterocycles. The summed E-state index contributed by atoms with van der Waals surface area (Å²) in [7, 11) is 0. The lowest BCUT2D eigenvalue weighted by molar-refractivity contribution is -0.149. The van der Waals surface area contributed by atoms with E-state index in [0.717, 1.165) is 19.3 Å². The first-order valence-corrected chi connectivity index (χ1v) is 8.46. The molecule has 0 radical (unpaired) electrons. The van der Waals surface area contributed by atoms with Gasteiger partial charge in [-0.15, -0.1) is 0 Å². The van der Waals surface area contributed by atoms with E-state index in [2.05, 4.69) is 6.92 Å². The predicted octanol–water partition coefficient (Wildman–Crippen LogP) is 0.580. The molecule has 0 aromatic rings. The highest BCUT2D eigenvalue weighted by Crippen LogP contribution is 2.12. The van der Waals surface area contributed by atoms with E-state index in [1.54, 1.807) is 0 Å². The van der Waals surface area contributed by atoms with Crippen molar-refractivity contribution in [2.24, 2.45) is 0 Å². The van der Waals surface area contributed by atoms with Gasteiger partial charge in [-0.05, 0) is 6.42 Å². The summed E-state index contributed by atoms with van der Waals surface area (Å²) >= 11 is 0. The van der Waals surface area contributed by atoms with Crippen LogP contribution in [0.2, 0.25) is 0 Å². The van der Waals surface area contributed by atoms with Crippen molar-refractivity contribution in [3.63, 3.8) is 0 Å². The molecule has 0 bridgehead atoms. The van der Waals surface area contributed by atoms with Gasteiger partial charge >= 0.3 is 0 Å². The third-order valence-corrected chi connectivity index (χ3v) is 3.79. The molecular formula is C16H34O6. The summed E-state index contributed by atoms with van der Waals surface area (Å²) in [5.41, 5.74) is 0. The Morgan fingerprint density at radius 1 is 0.727 bits per heavy atom. The first-order chi connectivity index (χ1) is 10.6. The number of aliphatic hydroxyl groups excluding tert-OH is 5. The van der Waals surface area contributed by atoms with E-state index in [1.165, 1.54) is 32.1 Å². The van der Waals surface area contributed by atoms with Crippen LogP contribution >= 0.6 is 0 Å². The standard InChI is InChI=1S/C16H34O6/c1-2-3-4-5-6-7-8-9-10-22-16(14(20)12-18)15(21)13(19)11-17/h13-21H,2-12H2,1H3/t13-,14-,15-,16-/m0/s1. The quantitative estimate of drug-likeness (QED) is 0.282. The summed E-state index contributed by atoms with van der Waals surface area (Å²) in [5.74, 6) is 0. The first-order valence-electron chi connectivity index (χ1n) is 8.46. The molecule has 6 heteroatoms. The third-order valence-electron chi connectivity index (χ3n) is 3.79. The van der Waals surface area contributed by atoms with Gasteiger partial charge in [0.2, 0.25) is 0 Å². The molecule has 0 amide bonds. The second kappa shape index (κ2) is 14.4. The Kier molecular flexibility index (Phi) is 14.2. The van der Waals surface area contributed by atoms with Crippen LogP contribution in [-0.4, -0.2) is 69.8 Å². The summed E-state index contributed by atoms with van der Waals surface area (Å²) in [6.07, 6.45) is 3.98. The summed E-state index contributed by atoms with van der Waals surface area (Å²) in [5, 5.41) is 46.6. The minimum Gasteiger partial charge on any atom is -0.394 e. The fraction of sp³-hybridized carbons (Fsp3) is 1.00. The minimum atomic E-state index is -1.43. The minimum absolute atomic E-state index is 0.339. The van der Waals surface area contributed by atoms with Crippen molar-refractivity contribution in [3.05, 3.63) is 0 Å². The van der Waals surface area contributed by atoms with Crippen LogP contribution in [0.25, 0.3) is 0 Å². The molecule has 0 fully saturated rings. The molecule has 0 spiro atoms. The number of rotatable bonds is 15. The highest BCUT2D eigenvalue weighted by Gasteiger charge is 2.32. The first kappa shape index (κ1) is 21.8. The molecule has 0 aliphatic heterocycles. The maximum atomic E-state index is 9.80. The van der Waals surface area contributed by atoms with Crippen molar-refractivity contribution >= 4 is 0 Å². The van der Waals surface area contributed by atoms with Gasteiger partial charge in [0.05, 0.1) is 13.2 Å². The molecule has 6 nitrogen and oxygen atoms in total. The summed E-state index contributed by atoms with van der Waals surface area (Å²) in [4.78, 5) is 0. The van der Waals surface area contributed by atoms with Gasteiger partial charge in [-0.3, -0.25) is 0 Å². The van der Waals surface area contributed by atoms with E-state index in [0.29, 0.717) is 6.61 Å². The molecule has 0 aromatic carbocycles. The maximum absolute atomic E-state index is 9.80. The van der Waals surface area contributed by atoms with Crippen LogP contribution in [0.5, 0.6) is 0 Å². The number of aliphatic hydroxyl groups is 5. The summed E-state index contributed by atoms with van der Waals surface area (Å²) < 4.78 is 5.39. The molecule has 0 aliphatic carbocycles. The lowest BCUT2D eigenvalue weighted by Crippen LogP contribution is -2.48. The molecule has 0 saturated carbocycles. The molecule has 0 unspecified atom stereocenters. The van der Waals surface area contributed by atoms with Crippen molar-refractivity contribution in [2.45, 2.75) is 82.7 Å². The smallest absolute Gasteiger partial charge is 0.114 e. The number of hydrogen-bond donors (Lipinski definition) is 5. The zero-order valence-corrected chi connectivity index (χ0v) is 13.7. The van der Waals surface area contributed by atoms with Crippen molar-refractivity contribution < 1.29 is 30.3 Å². The van der Waals surface area contributed by atoms with E-state index in [1.807, 2.05) is 0 Å². The molecule has 5 N–H and O–H groups in total. The van der Waals surface area contributed by atoms with Gasteiger partial charge in [-0.25, -0.2) is 0 Å². The van der Waals surface area contributed by atoms with E-state index in [-0.39, 0.29) is 0 Å². The summed E-state index contributed by atoms with van der Waals surface area (Å²) in [6, 6.07) is 0.